The lowest BCUT2D eigenvalue weighted by atomic mass is 10.2. The third kappa shape index (κ3) is 7.13. The van der Waals surface area contributed by atoms with Gasteiger partial charge in [-0.15, -0.1) is 0 Å². The highest BCUT2D eigenvalue weighted by Crippen LogP contribution is 2.36. The Labute approximate surface area is 120 Å². The van der Waals surface area contributed by atoms with Crippen LogP contribution in [0.5, 0.6) is 0 Å². The van der Waals surface area contributed by atoms with E-state index in [0.717, 1.165) is 17.7 Å². The van der Waals surface area contributed by atoms with E-state index in [1.54, 1.807) is 23.9 Å². The fraction of sp³-hybridized carbons (Fsp3) is 0.538. The number of thioether (sulfide) groups is 2. The predicted octanol–water partition coefficient (Wildman–Crippen LogP) is 4.53. The minimum Gasteiger partial charge on any atom is -0.309 e. The molecule has 1 aromatic rings. The Hall–Kier alpha value is -0.330. The molecule has 1 nitrogen and oxygen atoms in total. The molecule has 19 heavy (non-hydrogen) atoms. The molecule has 1 rings (SSSR count). The van der Waals surface area contributed by atoms with Crippen LogP contribution >= 0.6 is 23.5 Å². The van der Waals surface area contributed by atoms with Crippen LogP contribution in [0.25, 0.3) is 0 Å². The first kappa shape index (κ1) is 16.7. The number of alkyl halides is 3. The zero-order chi connectivity index (χ0) is 14.3. The molecule has 1 atom stereocenters. The van der Waals surface area contributed by atoms with Crippen molar-refractivity contribution in [1.82, 2.24) is 5.32 Å². The van der Waals surface area contributed by atoms with E-state index in [1.807, 2.05) is 0 Å². The second-order valence-corrected chi connectivity index (χ2v) is 6.18. The molecule has 0 fully saturated rings. The lowest BCUT2D eigenvalue weighted by molar-refractivity contribution is -0.0328. The molecule has 0 saturated heterocycles. The molecule has 6 heteroatoms. The van der Waals surface area contributed by atoms with Gasteiger partial charge in [0.25, 0.3) is 0 Å². The van der Waals surface area contributed by atoms with Gasteiger partial charge in [0.1, 0.15) is 0 Å². The van der Waals surface area contributed by atoms with Crippen molar-refractivity contribution in [2.75, 3.05) is 12.0 Å². The Balaban J connectivity index is 2.48. The number of rotatable bonds is 7. The summed E-state index contributed by atoms with van der Waals surface area (Å²) in [4.78, 5) is 0.229. The zero-order valence-electron chi connectivity index (χ0n) is 11.0. The summed E-state index contributed by atoms with van der Waals surface area (Å²) in [5, 5.41) is 3.40. The number of hydrogen-bond acceptors (Lipinski definition) is 3. The van der Waals surface area contributed by atoms with Gasteiger partial charge in [0.15, 0.2) is 0 Å². The first-order chi connectivity index (χ1) is 8.94. The molecule has 1 aromatic carbocycles. The fourth-order valence-electron chi connectivity index (χ4n) is 1.59. The molecule has 108 valence electrons. The smallest absolute Gasteiger partial charge is 0.309 e. The van der Waals surface area contributed by atoms with Crippen LogP contribution < -0.4 is 5.32 Å². The lowest BCUT2D eigenvalue weighted by Crippen LogP contribution is -2.30. The van der Waals surface area contributed by atoms with E-state index in [4.69, 9.17) is 0 Å². The standard InChI is InChI=1S/C13H18F3NS2/c1-3-11(9-18-2)17-8-10-4-6-12(7-5-10)19-13(14,15)16/h4-7,11,17H,3,8-9H2,1-2H3. The van der Waals surface area contributed by atoms with E-state index in [2.05, 4.69) is 18.5 Å². The van der Waals surface area contributed by atoms with Gasteiger partial charge in [0.05, 0.1) is 0 Å². The van der Waals surface area contributed by atoms with Crippen LogP contribution in [-0.2, 0) is 6.54 Å². The second-order valence-electron chi connectivity index (χ2n) is 4.13. The predicted molar refractivity (Wildman–Crippen MR) is 77.7 cm³/mol. The number of benzene rings is 1. The van der Waals surface area contributed by atoms with Crippen LogP contribution in [0.1, 0.15) is 18.9 Å². The summed E-state index contributed by atoms with van der Waals surface area (Å²) in [6, 6.07) is 6.97. The third-order valence-electron chi connectivity index (χ3n) is 2.61. The van der Waals surface area contributed by atoms with E-state index >= 15 is 0 Å². The van der Waals surface area contributed by atoms with Crippen molar-refractivity contribution < 1.29 is 13.2 Å². The molecule has 1 unspecified atom stereocenters. The number of hydrogen-bond donors (Lipinski definition) is 1. The number of nitrogens with one attached hydrogen (secondary N) is 1. The fourth-order valence-corrected chi connectivity index (χ4v) is 2.89. The topological polar surface area (TPSA) is 12.0 Å². The first-order valence-corrected chi connectivity index (χ1v) is 8.22. The number of halogens is 3. The third-order valence-corrected chi connectivity index (χ3v) is 4.09. The Bertz CT molecular complexity index is 365. The Morgan fingerprint density at radius 1 is 1.21 bits per heavy atom. The van der Waals surface area contributed by atoms with Gasteiger partial charge in [-0.05, 0) is 42.1 Å². The highest BCUT2D eigenvalue weighted by atomic mass is 32.2. The van der Waals surface area contributed by atoms with Gasteiger partial charge in [-0.25, -0.2) is 0 Å². The van der Waals surface area contributed by atoms with Gasteiger partial charge < -0.3 is 5.32 Å². The first-order valence-electron chi connectivity index (χ1n) is 6.01. The van der Waals surface area contributed by atoms with Crippen molar-refractivity contribution in [2.45, 2.75) is 36.3 Å². The molecule has 0 aliphatic carbocycles. The van der Waals surface area contributed by atoms with E-state index in [0.29, 0.717) is 12.6 Å². The quantitative estimate of drug-likeness (QED) is 0.743. The van der Waals surface area contributed by atoms with E-state index < -0.39 is 5.51 Å². The SMILES string of the molecule is CCC(CSC)NCc1ccc(SC(F)(F)F)cc1. The van der Waals surface area contributed by atoms with Crippen molar-refractivity contribution in [1.29, 1.82) is 0 Å². The monoisotopic (exact) mass is 309 g/mol. The maximum Gasteiger partial charge on any atom is 0.446 e. The molecule has 0 bridgehead atoms. The van der Waals surface area contributed by atoms with Gasteiger partial charge in [-0.3, -0.25) is 0 Å². The molecule has 0 aromatic heterocycles. The molecule has 0 spiro atoms. The summed E-state index contributed by atoms with van der Waals surface area (Å²) in [7, 11) is 0. The summed E-state index contributed by atoms with van der Waals surface area (Å²) in [6.45, 7) is 2.81. The van der Waals surface area contributed by atoms with E-state index in [9.17, 15) is 13.2 Å². The largest absolute Gasteiger partial charge is 0.446 e. The van der Waals surface area contributed by atoms with Crippen LogP contribution in [-0.4, -0.2) is 23.6 Å². The van der Waals surface area contributed by atoms with Crippen LogP contribution in [0.15, 0.2) is 29.2 Å². The molecular weight excluding hydrogens is 291 g/mol. The summed E-state index contributed by atoms with van der Waals surface area (Å²) >= 11 is 1.71. The maximum absolute atomic E-state index is 12.2. The van der Waals surface area contributed by atoms with Crippen molar-refractivity contribution in [3.8, 4) is 0 Å². The van der Waals surface area contributed by atoms with Crippen LogP contribution in [0.3, 0.4) is 0 Å². The maximum atomic E-state index is 12.2. The minimum absolute atomic E-state index is 0.0773. The molecule has 1 N–H and O–H groups in total. The zero-order valence-corrected chi connectivity index (χ0v) is 12.6. The molecule has 0 saturated carbocycles. The van der Waals surface area contributed by atoms with Crippen molar-refractivity contribution in [3.63, 3.8) is 0 Å². The highest BCUT2D eigenvalue weighted by Gasteiger charge is 2.28. The molecule has 0 amide bonds. The second kappa shape index (κ2) is 8.07. The van der Waals surface area contributed by atoms with Crippen LogP contribution in [0, 0.1) is 0 Å². The normalized spacial score (nSPS) is 13.5. The minimum atomic E-state index is -4.22. The van der Waals surface area contributed by atoms with Crippen molar-refractivity contribution >= 4 is 23.5 Å². The molecule has 0 heterocycles. The van der Waals surface area contributed by atoms with Gasteiger partial charge in [0, 0.05) is 23.2 Å². The molecular formula is C13H18F3NS2. The summed E-state index contributed by atoms with van der Waals surface area (Å²) < 4.78 is 36.5. The Kier molecular flexibility index (Phi) is 7.10. The van der Waals surface area contributed by atoms with Crippen molar-refractivity contribution in [2.24, 2.45) is 0 Å². The molecule has 0 radical (unpaired) electrons. The van der Waals surface area contributed by atoms with Gasteiger partial charge in [-0.1, -0.05) is 19.1 Å². The summed E-state index contributed by atoms with van der Waals surface area (Å²) in [6.07, 6.45) is 3.11. The van der Waals surface area contributed by atoms with Gasteiger partial charge >= 0.3 is 5.51 Å². The van der Waals surface area contributed by atoms with Gasteiger partial charge in [0.2, 0.25) is 0 Å². The van der Waals surface area contributed by atoms with Crippen LogP contribution in [0.2, 0.25) is 0 Å². The Morgan fingerprint density at radius 2 is 1.84 bits per heavy atom. The summed E-state index contributed by atoms with van der Waals surface area (Å²) in [5.41, 5.74) is -3.21. The van der Waals surface area contributed by atoms with Crippen molar-refractivity contribution in [3.05, 3.63) is 29.8 Å². The molecule has 0 aliphatic heterocycles. The highest BCUT2D eigenvalue weighted by molar-refractivity contribution is 8.00. The molecule has 0 aliphatic rings. The summed E-state index contributed by atoms with van der Waals surface area (Å²) in [5.74, 6) is 1.04. The van der Waals surface area contributed by atoms with E-state index in [-0.39, 0.29) is 16.7 Å². The van der Waals surface area contributed by atoms with E-state index in [1.165, 1.54) is 12.1 Å². The average molecular weight is 309 g/mol. The van der Waals surface area contributed by atoms with Crippen LogP contribution in [0.4, 0.5) is 13.2 Å². The Morgan fingerprint density at radius 3 is 2.32 bits per heavy atom. The average Bonchev–Trinajstić information content (AvgIpc) is 2.34. The van der Waals surface area contributed by atoms with Gasteiger partial charge in [-0.2, -0.15) is 24.9 Å². The lowest BCUT2D eigenvalue weighted by Gasteiger charge is -2.15.